The Kier molecular flexibility index (Phi) is 8.77. The van der Waals surface area contributed by atoms with Gasteiger partial charge in [-0.15, -0.1) is 11.8 Å². The Morgan fingerprint density at radius 2 is 1.97 bits per heavy atom. The Bertz CT molecular complexity index is 1050. The Morgan fingerprint density at radius 1 is 1.19 bits per heavy atom. The second kappa shape index (κ2) is 11.8. The van der Waals surface area contributed by atoms with E-state index in [0.29, 0.717) is 12.3 Å². The molecular formula is C26H37N5O3S2. The molecule has 2 aliphatic rings. The van der Waals surface area contributed by atoms with Crippen molar-refractivity contribution in [2.24, 2.45) is 5.92 Å². The number of hydrogen-bond acceptors (Lipinski definition) is 8. The molecule has 0 radical (unpaired) electrons. The highest BCUT2D eigenvalue weighted by Gasteiger charge is 2.32. The van der Waals surface area contributed by atoms with Gasteiger partial charge < -0.3 is 20.0 Å². The van der Waals surface area contributed by atoms with Crippen molar-refractivity contribution in [3.8, 4) is 0 Å². The zero-order valence-electron chi connectivity index (χ0n) is 21.4. The average molecular weight is 532 g/mol. The van der Waals surface area contributed by atoms with E-state index in [1.807, 2.05) is 17.3 Å². The van der Waals surface area contributed by atoms with Crippen LogP contribution in [0, 0.1) is 5.92 Å². The Morgan fingerprint density at radius 3 is 2.67 bits per heavy atom. The third kappa shape index (κ3) is 7.12. The van der Waals surface area contributed by atoms with Crippen LogP contribution in [0.2, 0.25) is 0 Å². The summed E-state index contributed by atoms with van der Waals surface area (Å²) in [6.45, 7) is 11.4. The van der Waals surface area contributed by atoms with Crippen LogP contribution in [0.4, 0.5) is 5.13 Å². The molecule has 2 aromatic rings. The summed E-state index contributed by atoms with van der Waals surface area (Å²) in [6, 6.07) is 0.354. The lowest BCUT2D eigenvalue weighted by Gasteiger charge is -2.37. The first kappa shape index (κ1) is 26.7. The molecule has 1 aliphatic heterocycles. The summed E-state index contributed by atoms with van der Waals surface area (Å²) < 4.78 is 7.00. The van der Waals surface area contributed by atoms with Gasteiger partial charge in [-0.1, -0.05) is 38.7 Å². The van der Waals surface area contributed by atoms with E-state index in [0.717, 1.165) is 66.1 Å². The fourth-order valence-electron chi connectivity index (χ4n) is 4.72. The SMILES string of the molecule is C=CC(=O)NC1CCC(C(=O)N2CCC[C@@H](Nc3ncc(SCc4ncc(C(C)(C)C)o4)s3)C2)CC1. The maximum absolute atomic E-state index is 13.2. The predicted octanol–water partition coefficient (Wildman–Crippen LogP) is 4.98. The molecule has 2 N–H and O–H groups in total. The average Bonchev–Trinajstić information content (AvgIpc) is 3.52. The van der Waals surface area contributed by atoms with E-state index in [1.165, 1.54) is 6.08 Å². The summed E-state index contributed by atoms with van der Waals surface area (Å²) in [4.78, 5) is 35.7. The highest BCUT2D eigenvalue weighted by atomic mass is 32.2. The fraction of sp³-hybridized carbons (Fsp3) is 0.615. The van der Waals surface area contributed by atoms with Crippen LogP contribution in [-0.4, -0.2) is 51.9 Å². The number of amides is 2. The van der Waals surface area contributed by atoms with Crippen LogP contribution in [0.15, 0.2) is 33.7 Å². The van der Waals surface area contributed by atoms with Crippen LogP contribution in [0.5, 0.6) is 0 Å². The molecule has 0 aromatic carbocycles. The minimum absolute atomic E-state index is 0.0464. The summed E-state index contributed by atoms with van der Waals surface area (Å²) in [5.41, 5.74) is -0.0464. The van der Waals surface area contributed by atoms with Gasteiger partial charge in [0, 0.05) is 36.5 Å². The summed E-state index contributed by atoms with van der Waals surface area (Å²) in [5, 5.41) is 7.40. The van der Waals surface area contributed by atoms with E-state index in [1.54, 1.807) is 23.1 Å². The first-order valence-electron chi connectivity index (χ1n) is 12.7. The second-order valence-corrected chi connectivity index (χ2v) is 13.0. The van der Waals surface area contributed by atoms with Crippen molar-refractivity contribution in [1.82, 2.24) is 20.2 Å². The lowest BCUT2D eigenvalue weighted by molar-refractivity contribution is -0.137. The number of carbonyl (C=O) groups is 2. The van der Waals surface area contributed by atoms with Crippen molar-refractivity contribution in [2.45, 2.75) is 86.8 Å². The number of thiazole rings is 1. The lowest BCUT2D eigenvalue weighted by Crippen LogP contribution is -2.48. The molecule has 2 fully saturated rings. The van der Waals surface area contributed by atoms with E-state index in [-0.39, 0.29) is 35.2 Å². The van der Waals surface area contributed by atoms with E-state index in [9.17, 15) is 9.59 Å². The van der Waals surface area contributed by atoms with Gasteiger partial charge in [0.2, 0.25) is 17.7 Å². The van der Waals surface area contributed by atoms with Crippen LogP contribution < -0.4 is 10.6 Å². The molecule has 0 spiro atoms. The van der Waals surface area contributed by atoms with E-state index < -0.39 is 0 Å². The molecule has 1 saturated heterocycles. The molecule has 4 rings (SSSR count). The largest absolute Gasteiger partial charge is 0.444 e. The quantitative estimate of drug-likeness (QED) is 0.366. The van der Waals surface area contributed by atoms with Crippen molar-refractivity contribution in [1.29, 1.82) is 0 Å². The van der Waals surface area contributed by atoms with Crippen molar-refractivity contribution in [3.05, 3.63) is 36.7 Å². The van der Waals surface area contributed by atoms with Gasteiger partial charge >= 0.3 is 0 Å². The Balaban J connectivity index is 1.23. The number of piperidine rings is 1. The zero-order chi connectivity index (χ0) is 25.7. The maximum Gasteiger partial charge on any atom is 0.243 e. The monoisotopic (exact) mass is 531 g/mol. The lowest BCUT2D eigenvalue weighted by atomic mass is 9.84. The topological polar surface area (TPSA) is 100 Å². The van der Waals surface area contributed by atoms with Crippen LogP contribution in [0.25, 0.3) is 0 Å². The number of aromatic nitrogens is 2. The smallest absolute Gasteiger partial charge is 0.243 e. The van der Waals surface area contributed by atoms with E-state index >= 15 is 0 Å². The molecule has 0 unspecified atom stereocenters. The summed E-state index contributed by atoms with van der Waals surface area (Å²) in [6.07, 6.45) is 10.4. The molecule has 1 saturated carbocycles. The number of nitrogens with one attached hydrogen (secondary N) is 2. The highest BCUT2D eigenvalue weighted by Crippen LogP contribution is 2.33. The number of carbonyl (C=O) groups excluding carboxylic acids is 2. The summed E-state index contributed by atoms with van der Waals surface area (Å²) in [5.74, 6) is 2.47. The maximum atomic E-state index is 13.2. The molecular weight excluding hydrogens is 494 g/mol. The van der Waals surface area contributed by atoms with Gasteiger partial charge in [0.15, 0.2) is 5.13 Å². The van der Waals surface area contributed by atoms with Gasteiger partial charge in [-0.2, -0.15) is 0 Å². The van der Waals surface area contributed by atoms with Gasteiger partial charge in [-0.25, -0.2) is 9.97 Å². The number of hydrogen-bond donors (Lipinski definition) is 2. The Hall–Kier alpha value is -2.33. The number of anilines is 1. The second-order valence-electron chi connectivity index (χ2n) is 10.7. The standard InChI is InChI=1S/C26H37N5O3S2/c1-5-21(32)29-18-10-8-17(9-11-18)24(33)31-12-6-7-19(15-31)30-25-28-14-23(36-25)35-16-22-27-13-20(34-22)26(2,3)4/h5,13-14,17-19H,1,6-12,15-16H2,2-4H3,(H,28,30)(H,29,32)/t17?,18?,19-/m1/s1. The molecule has 0 bridgehead atoms. The summed E-state index contributed by atoms with van der Waals surface area (Å²) in [7, 11) is 0. The number of rotatable bonds is 8. The first-order valence-corrected chi connectivity index (χ1v) is 14.5. The van der Waals surface area contributed by atoms with Crippen LogP contribution in [0.1, 0.15) is 70.9 Å². The minimum atomic E-state index is -0.134. The van der Waals surface area contributed by atoms with Gasteiger partial charge in [0.1, 0.15) is 5.76 Å². The number of nitrogens with zero attached hydrogens (tertiary/aromatic N) is 3. The molecule has 196 valence electrons. The molecule has 1 atom stereocenters. The van der Waals surface area contributed by atoms with Gasteiger partial charge in [0.05, 0.1) is 22.4 Å². The molecule has 36 heavy (non-hydrogen) atoms. The normalized spacial score (nSPS) is 22.8. The molecule has 1 aliphatic carbocycles. The molecule has 3 heterocycles. The van der Waals surface area contributed by atoms with Gasteiger partial charge in [-0.3, -0.25) is 9.59 Å². The number of likely N-dealkylation sites (tertiary alicyclic amines) is 1. The van der Waals surface area contributed by atoms with Gasteiger partial charge in [-0.05, 0) is 44.6 Å². The summed E-state index contributed by atoms with van der Waals surface area (Å²) >= 11 is 3.30. The molecule has 8 nitrogen and oxygen atoms in total. The third-order valence-electron chi connectivity index (χ3n) is 6.78. The van der Waals surface area contributed by atoms with Crippen molar-refractivity contribution < 1.29 is 14.0 Å². The zero-order valence-corrected chi connectivity index (χ0v) is 23.1. The predicted molar refractivity (Wildman–Crippen MR) is 144 cm³/mol. The van der Waals surface area contributed by atoms with Crippen LogP contribution in [-0.2, 0) is 20.8 Å². The first-order chi connectivity index (χ1) is 17.2. The van der Waals surface area contributed by atoms with Crippen LogP contribution in [0.3, 0.4) is 0 Å². The Labute approximate surface area is 221 Å². The number of oxazole rings is 1. The minimum Gasteiger partial charge on any atom is -0.444 e. The fourth-order valence-corrected chi connectivity index (χ4v) is 6.52. The number of thioether (sulfide) groups is 1. The van der Waals surface area contributed by atoms with E-state index in [2.05, 4.69) is 48.0 Å². The molecule has 2 aromatic heterocycles. The van der Waals surface area contributed by atoms with Crippen molar-refractivity contribution in [3.63, 3.8) is 0 Å². The van der Waals surface area contributed by atoms with Gasteiger partial charge in [0.25, 0.3) is 0 Å². The van der Waals surface area contributed by atoms with E-state index in [4.69, 9.17) is 4.42 Å². The highest BCUT2D eigenvalue weighted by molar-refractivity contribution is 8.00. The third-order valence-corrected chi connectivity index (χ3v) is 8.89. The van der Waals surface area contributed by atoms with Crippen molar-refractivity contribution in [2.75, 3.05) is 18.4 Å². The molecule has 2 amide bonds. The van der Waals surface area contributed by atoms with Crippen LogP contribution >= 0.6 is 23.1 Å². The molecule has 10 heteroatoms. The van der Waals surface area contributed by atoms with Crippen molar-refractivity contribution >= 4 is 40.0 Å².